The number of aryl methyl sites for hydroxylation is 2. The lowest BCUT2D eigenvalue weighted by Crippen LogP contribution is -2.37. The van der Waals surface area contributed by atoms with E-state index in [1.54, 1.807) is 23.8 Å². The first-order valence-corrected chi connectivity index (χ1v) is 7.74. The number of rotatable bonds is 4. The molecular weight excluding hydrogens is 318 g/mol. The SMILES string of the molecule is Cc1ccn(CCC(C)C)c(=O)c1C(=O)N1C[C@@H](N)[C@H](O)C1.Cl. The Kier molecular flexibility index (Phi) is 6.80. The van der Waals surface area contributed by atoms with Gasteiger partial charge in [-0.1, -0.05) is 13.8 Å². The molecule has 1 fully saturated rings. The van der Waals surface area contributed by atoms with Gasteiger partial charge in [0, 0.05) is 31.9 Å². The molecule has 1 saturated heterocycles. The van der Waals surface area contributed by atoms with Crippen LogP contribution in [0.3, 0.4) is 0 Å². The minimum absolute atomic E-state index is 0. The van der Waals surface area contributed by atoms with Gasteiger partial charge in [-0.15, -0.1) is 12.4 Å². The summed E-state index contributed by atoms with van der Waals surface area (Å²) in [5.41, 5.74) is 6.33. The molecule has 1 aromatic rings. The highest BCUT2D eigenvalue weighted by molar-refractivity contribution is 5.95. The number of carbonyl (C=O) groups is 1. The Morgan fingerprint density at radius 1 is 1.43 bits per heavy atom. The third-order valence-corrected chi connectivity index (χ3v) is 4.15. The van der Waals surface area contributed by atoms with E-state index in [2.05, 4.69) is 13.8 Å². The lowest BCUT2D eigenvalue weighted by Gasteiger charge is -2.18. The number of carbonyl (C=O) groups excluding carboxylic acids is 1. The Morgan fingerprint density at radius 2 is 2.09 bits per heavy atom. The molecule has 0 saturated carbocycles. The Hall–Kier alpha value is -1.37. The van der Waals surface area contributed by atoms with Crippen molar-refractivity contribution in [1.29, 1.82) is 0 Å². The van der Waals surface area contributed by atoms with Crippen LogP contribution in [0.25, 0.3) is 0 Å². The Labute approximate surface area is 142 Å². The standard InChI is InChI=1S/C16H25N3O3.ClH/c1-10(2)4-6-18-7-5-11(3)14(15(18)21)16(22)19-8-12(17)13(20)9-19;/h5,7,10,12-13,20H,4,6,8-9,17H2,1-3H3;1H/t12-,13-;/m1./s1. The molecule has 1 aliphatic heterocycles. The van der Waals surface area contributed by atoms with Gasteiger partial charge < -0.3 is 20.3 Å². The zero-order valence-corrected chi connectivity index (χ0v) is 14.7. The smallest absolute Gasteiger partial charge is 0.263 e. The van der Waals surface area contributed by atoms with Crippen molar-refractivity contribution in [2.75, 3.05) is 13.1 Å². The molecular formula is C16H26ClN3O3. The van der Waals surface area contributed by atoms with Crippen LogP contribution in [0.4, 0.5) is 0 Å². The van der Waals surface area contributed by atoms with Crippen LogP contribution in [-0.4, -0.2) is 45.7 Å². The van der Waals surface area contributed by atoms with Crippen molar-refractivity contribution in [3.63, 3.8) is 0 Å². The number of amides is 1. The minimum Gasteiger partial charge on any atom is -0.390 e. The zero-order valence-electron chi connectivity index (χ0n) is 13.9. The van der Waals surface area contributed by atoms with E-state index < -0.39 is 12.1 Å². The van der Waals surface area contributed by atoms with Crippen molar-refractivity contribution in [2.45, 2.75) is 45.9 Å². The first kappa shape index (κ1) is 19.7. The second-order valence-electron chi connectivity index (χ2n) is 6.50. The predicted octanol–water partition coefficient (Wildman–Crippen LogP) is 0.769. The molecule has 2 heterocycles. The number of aliphatic hydroxyl groups is 1. The van der Waals surface area contributed by atoms with E-state index >= 15 is 0 Å². The van der Waals surface area contributed by atoms with E-state index in [-0.39, 0.29) is 42.5 Å². The van der Waals surface area contributed by atoms with Gasteiger partial charge in [-0.2, -0.15) is 0 Å². The third-order valence-electron chi connectivity index (χ3n) is 4.15. The summed E-state index contributed by atoms with van der Waals surface area (Å²) >= 11 is 0. The summed E-state index contributed by atoms with van der Waals surface area (Å²) in [5, 5.41) is 9.70. The molecule has 1 amide bonds. The molecule has 7 heteroatoms. The molecule has 6 nitrogen and oxygen atoms in total. The number of hydrogen-bond acceptors (Lipinski definition) is 4. The van der Waals surface area contributed by atoms with Crippen LogP contribution in [0.1, 0.15) is 36.2 Å². The van der Waals surface area contributed by atoms with Crippen molar-refractivity contribution in [1.82, 2.24) is 9.47 Å². The number of pyridine rings is 1. The summed E-state index contributed by atoms with van der Waals surface area (Å²) in [7, 11) is 0. The van der Waals surface area contributed by atoms with Crippen molar-refractivity contribution in [2.24, 2.45) is 11.7 Å². The molecule has 0 spiro atoms. The minimum atomic E-state index is -0.726. The highest BCUT2D eigenvalue weighted by Crippen LogP contribution is 2.14. The van der Waals surface area contributed by atoms with E-state index in [9.17, 15) is 14.7 Å². The molecule has 2 rings (SSSR count). The monoisotopic (exact) mass is 343 g/mol. The second-order valence-corrected chi connectivity index (χ2v) is 6.50. The van der Waals surface area contributed by atoms with Gasteiger partial charge in [0.05, 0.1) is 6.10 Å². The topological polar surface area (TPSA) is 88.6 Å². The van der Waals surface area contributed by atoms with Crippen molar-refractivity contribution >= 4 is 18.3 Å². The fourth-order valence-corrected chi connectivity index (χ4v) is 2.63. The fraction of sp³-hybridized carbons (Fsp3) is 0.625. The van der Waals surface area contributed by atoms with Crippen LogP contribution < -0.4 is 11.3 Å². The summed E-state index contributed by atoms with van der Waals surface area (Å²) in [6.45, 7) is 7.00. The van der Waals surface area contributed by atoms with Crippen LogP contribution in [0.5, 0.6) is 0 Å². The van der Waals surface area contributed by atoms with Gasteiger partial charge in [0.15, 0.2) is 0 Å². The van der Waals surface area contributed by atoms with Crippen LogP contribution >= 0.6 is 12.4 Å². The van der Waals surface area contributed by atoms with Crippen LogP contribution in [-0.2, 0) is 6.54 Å². The normalized spacial score (nSPS) is 20.7. The number of aliphatic hydroxyl groups excluding tert-OH is 1. The third kappa shape index (κ3) is 4.34. The van der Waals surface area contributed by atoms with E-state index in [1.165, 1.54) is 4.90 Å². The summed E-state index contributed by atoms with van der Waals surface area (Å²) < 4.78 is 1.59. The Morgan fingerprint density at radius 3 is 2.61 bits per heavy atom. The van der Waals surface area contributed by atoms with Crippen LogP contribution in [0.2, 0.25) is 0 Å². The highest BCUT2D eigenvalue weighted by atomic mass is 35.5. The number of nitrogens with two attached hydrogens (primary N) is 1. The molecule has 1 aromatic heterocycles. The number of hydrogen-bond donors (Lipinski definition) is 2. The number of halogens is 1. The van der Waals surface area contributed by atoms with Crippen LogP contribution in [0, 0.1) is 12.8 Å². The van der Waals surface area contributed by atoms with E-state index in [1.807, 2.05) is 0 Å². The molecule has 0 radical (unpaired) electrons. The molecule has 2 atom stereocenters. The number of β-amino-alcohol motifs (C(OH)–C–C–N with tert-alkyl or cyclic N) is 1. The molecule has 0 aliphatic carbocycles. The van der Waals surface area contributed by atoms with Gasteiger partial charge in [-0.25, -0.2) is 0 Å². The van der Waals surface area contributed by atoms with Crippen molar-refractivity contribution < 1.29 is 9.90 Å². The zero-order chi connectivity index (χ0) is 16.4. The molecule has 0 unspecified atom stereocenters. The number of likely N-dealkylation sites (tertiary alicyclic amines) is 1. The summed E-state index contributed by atoms with van der Waals surface area (Å²) in [6.07, 6.45) is 1.89. The maximum atomic E-state index is 12.6. The molecule has 3 N–H and O–H groups in total. The van der Waals surface area contributed by atoms with E-state index in [0.29, 0.717) is 18.0 Å². The fourth-order valence-electron chi connectivity index (χ4n) is 2.63. The summed E-state index contributed by atoms with van der Waals surface area (Å²) in [5.74, 6) is 0.146. The van der Waals surface area contributed by atoms with Gasteiger partial charge in [0.25, 0.3) is 11.5 Å². The van der Waals surface area contributed by atoms with Crippen molar-refractivity contribution in [3.05, 3.63) is 33.7 Å². The quantitative estimate of drug-likeness (QED) is 0.845. The van der Waals surface area contributed by atoms with Gasteiger partial charge >= 0.3 is 0 Å². The van der Waals surface area contributed by atoms with E-state index in [0.717, 1.165) is 6.42 Å². The number of nitrogens with zero attached hydrogens (tertiary/aromatic N) is 2. The summed E-state index contributed by atoms with van der Waals surface area (Å²) in [6, 6.07) is 1.35. The summed E-state index contributed by atoms with van der Waals surface area (Å²) in [4.78, 5) is 26.7. The lowest BCUT2D eigenvalue weighted by atomic mass is 10.1. The van der Waals surface area contributed by atoms with Crippen LogP contribution in [0.15, 0.2) is 17.1 Å². The van der Waals surface area contributed by atoms with Gasteiger partial charge in [0.2, 0.25) is 0 Å². The highest BCUT2D eigenvalue weighted by Gasteiger charge is 2.33. The van der Waals surface area contributed by atoms with Gasteiger partial charge in [0.1, 0.15) is 5.56 Å². The lowest BCUT2D eigenvalue weighted by molar-refractivity contribution is 0.0761. The maximum Gasteiger partial charge on any atom is 0.263 e. The van der Waals surface area contributed by atoms with E-state index in [4.69, 9.17) is 5.73 Å². The average Bonchev–Trinajstić information content (AvgIpc) is 2.77. The second kappa shape index (κ2) is 7.95. The van der Waals surface area contributed by atoms with Crippen molar-refractivity contribution in [3.8, 4) is 0 Å². The first-order chi connectivity index (χ1) is 10.3. The predicted molar refractivity (Wildman–Crippen MR) is 92.0 cm³/mol. The Balaban J connectivity index is 0.00000264. The van der Waals surface area contributed by atoms with Gasteiger partial charge in [-0.05, 0) is 30.9 Å². The van der Waals surface area contributed by atoms with Gasteiger partial charge in [-0.3, -0.25) is 9.59 Å². The molecule has 23 heavy (non-hydrogen) atoms. The molecule has 1 aliphatic rings. The maximum absolute atomic E-state index is 12.6. The Bertz CT molecular complexity index is 605. The average molecular weight is 344 g/mol. The largest absolute Gasteiger partial charge is 0.390 e. The molecule has 130 valence electrons. The molecule has 0 bridgehead atoms. The number of aromatic nitrogens is 1. The molecule has 0 aromatic carbocycles. The first-order valence-electron chi connectivity index (χ1n) is 7.74.